The number of hydrogen-bond acceptors (Lipinski definition) is 5. The summed E-state index contributed by atoms with van der Waals surface area (Å²) < 4.78 is 13.2. The van der Waals surface area contributed by atoms with E-state index in [1.165, 1.54) is 31.2 Å². The molecule has 0 spiro atoms. The maximum Gasteiger partial charge on any atom is 0.202 e. The van der Waals surface area contributed by atoms with Gasteiger partial charge in [0, 0.05) is 5.02 Å². The monoisotopic (exact) mass is 395 g/mol. The van der Waals surface area contributed by atoms with Crippen molar-refractivity contribution in [2.45, 2.75) is 6.92 Å². The molecule has 0 bridgehead atoms. The largest absolute Gasteiger partial charge is 0.340 e. The summed E-state index contributed by atoms with van der Waals surface area (Å²) in [6.07, 6.45) is 0. The normalized spacial score (nSPS) is 10.8. The molecule has 3 rings (SSSR count). The van der Waals surface area contributed by atoms with Gasteiger partial charge in [-0.15, -0.1) is 0 Å². The zero-order valence-electron chi connectivity index (χ0n) is 13.3. The standard InChI is InChI=1S/C17H12Cl2FN3O3/c1-7(24)14-16(25)10-4-8(18)5-13(23-26)15(10)22-17(14)21-12-3-2-9(20)6-11(12)19/h2-6,23,26H,1H3,(H2,21,22,25). The van der Waals surface area contributed by atoms with Crippen LogP contribution in [0.15, 0.2) is 35.1 Å². The second-order valence-electron chi connectivity index (χ2n) is 5.50. The molecule has 0 saturated carbocycles. The number of aromatic nitrogens is 1. The van der Waals surface area contributed by atoms with Gasteiger partial charge in [-0.05, 0) is 37.3 Å². The average Bonchev–Trinajstić information content (AvgIpc) is 2.57. The van der Waals surface area contributed by atoms with Crippen molar-refractivity contribution in [3.05, 3.63) is 62.0 Å². The molecule has 0 aliphatic carbocycles. The summed E-state index contributed by atoms with van der Waals surface area (Å²) in [5.74, 6) is -0.963. The molecule has 9 heteroatoms. The highest BCUT2D eigenvalue weighted by Gasteiger charge is 2.19. The van der Waals surface area contributed by atoms with E-state index in [4.69, 9.17) is 23.2 Å². The van der Waals surface area contributed by atoms with Crippen LogP contribution in [0.5, 0.6) is 0 Å². The number of benzene rings is 2. The summed E-state index contributed by atoms with van der Waals surface area (Å²) in [6, 6.07) is 6.44. The zero-order valence-corrected chi connectivity index (χ0v) is 14.8. The van der Waals surface area contributed by atoms with Gasteiger partial charge in [0.1, 0.15) is 17.2 Å². The molecule has 0 fully saturated rings. The van der Waals surface area contributed by atoms with E-state index in [-0.39, 0.29) is 43.7 Å². The molecular formula is C17H12Cl2FN3O3. The zero-order chi connectivity index (χ0) is 19.0. The molecule has 6 nitrogen and oxygen atoms in total. The maximum atomic E-state index is 13.2. The molecule has 2 aromatic carbocycles. The number of hydrogen-bond donors (Lipinski definition) is 4. The van der Waals surface area contributed by atoms with Crippen molar-refractivity contribution in [2.24, 2.45) is 0 Å². The van der Waals surface area contributed by atoms with Crippen LogP contribution < -0.4 is 16.2 Å². The van der Waals surface area contributed by atoms with Gasteiger partial charge in [0.15, 0.2) is 5.78 Å². The van der Waals surface area contributed by atoms with E-state index in [1.807, 2.05) is 5.48 Å². The average molecular weight is 396 g/mol. The van der Waals surface area contributed by atoms with Gasteiger partial charge in [0.05, 0.1) is 27.3 Å². The Bertz CT molecular complexity index is 1100. The second-order valence-corrected chi connectivity index (χ2v) is 6.34. The number of carbonyl (C=O) groups is 1. The molecule has 0 atom stereocenters. The second kappa shape index (κ2) is 6.95. The van der Waals surface area contributed by atoms with Crippen molar-refractivity contribution in [1.29, 1.82) is 0 Å². The molecule has 0 amide bonds. The molecule has 1 heterocycles. The number of pyridine rings is 1. The Hall–Kier alpha value is -2.61. The van der Waals surface area contributed by atoms with Gasteiger partial charge in [0.2, 0.25) is 5.43 Å². The Labute approximate surface area is 156 Å². The smallest absolute Gasteiger partial charge is 0.202 e. The maximum absolute atomic E-state index is 13.2. The van der Waals surface area contributed by atoms with Gasteiger partial charge in [-0.2, -0.15) is 0 Å². The summed E-state index contributed by atoms with van der Waals surface area (Å²) >= 11 is 12.0. The molecule has 0 radical (unpaired) electrons. The number of nitrogens with one attached hydrogen (secondary N) is 3. The quantitative estimate of drug-likeness (QED) is 0.378. The summed E-state index contributed by atoms with van der Waals surface area (Å²) in [6.45, 7) is 1.24. The van der Waals surface area contributed by atoms with Crippen LogP contribution in [0, 0.1) is 5.82 Å². The number of carbonyl (C=O) groups excluding carboxylic acids is 1. The molecule has 3 aromatic rings. The third kappa shape index (κ3) is 3.24. The topological polar surface area (TPSA) is 94.2 Å². The first-order chi connectivity index (χ1) is 12.3. The predicted octanol–water partition coefficient (Wildman–Crippen LogP) is 4.72. The van der Waals surface area contributed by atoms with Crippen LogP contribution in [0.3, 0.4) is 0 Å². The van der Waals surface area contributed by atoms with E-state index in [9.17, 15) is 19.2 Å². The Kier molecular flexibility index (Phi) is 4.86. The van der Waals surface area contributed by atoms with Crippen LogP contribution in [0.25, 0.3) is 10.9 Å². The van der Waals surface area contributed by atoms with Gasteiger partial charge < -0.3 is 10.3 Å². The number of fused-ring (bicyclic) bond motifs is 1. The summed E-state index contributed by atoms with van der Waals surface area (Å²) in [4.78, 5) is 27.7. The molecular weight excluding hydrogens is 384 g/mol. The highest BCUT2D eigenvalue weighted by molar-refractivity contribution is 6.33. The van der Waals surface area contributed by atoms with Crippen LogP contribution in [0.1, 0.15) is 17.3 Å². The minimum Gasteiger partial charge on any atom is -0.340 e. The first kappa shape index (κ1) is 18.2. The lowest BCUT2D eigenvalue weighted by Gasteiger charge is -2.14. The van der Waals surface area contributed by atoms with Crippen LogP contribution >= 0.6 is 23.2 Å². The fourth-order valence-corrected chi connectivity index (χ4v) is 3.03. The van der Waals surface area contributed by atoms with Gasteiger partial charge in [-0.1, -0.05) is 23.2 Å². The summed E-state index contributed by atoms with van der Waals surface area (Å²) in [5.41, 5.74) is 1.89. The van der Waals surface area contributed by atoms with E-state index in [1.54, 1.807) is 0 Å². The Morgan fingerprint density at radius 3 is 2.54 bits per heavy atom. The lowest BCUT2D eigenvalue weighted by Crippen LogP contribution is -2.18. The first-order valence-electron chi connectivity index (χ1n) is 7.34. The number of ketones is 1. The molecule has 0 aliphatic heterocycles. The van der Waals surface area contributed by atoms with Crippen molar-refractivity contribution >= 4 is 57.1 Å². The number of aromatic amines is 1. The number of anilines is 3. The molecule has 0 unspecified atom stereocenters. The van der Waals surface area contributed by atoms with E-state index in [2.05, 4.69) is 10.3 Å². The third-order valence-corrected chi connectivity index (χ3v) is 4.27. The van der Waals surface area contributed by atoms with Gasteiger partial charge in [0.25, 0.3) is 0 Å². The summed E-state index contributed by atoms with van der Waals surface area (Å²) in [7, 11) is 0. The molecule has 1 aromatic heterocycles. The fourth-order valence-electron chi connectivity index (χ4n) is 2.60. The van der Waals surface area contributed by atoms with Crippen molar-refractivity contribution in [2.75, 3.05) is 10.8 Å². The molecule has 4 N–H and O–H groups in total. The number of rotatable bonds is 4. The highest BCUT2D eigenvalue weighted by Crippen LogP contribution is 2.30. The fraction of sp³-hybridized carbons (Fsp3) is 0.0588. The van der Waals surface area contributed by atoms with Crippen molar-refractivity contribution < 1.29 is 14.4 Å². The van der Waals surface area contributed by atoms with Crippen LogP contribution in [-0.4, -0.2) is 16.0 Å². The van der Waals surface area contributed by atoms with Crippen LogP contribution in [0.2, 0.25) is 10.0 Å². The molecule has 0 aliphatic rings. The number of halogens is 3. The van der Waals surface area contributed by atoms with Crippen molar-refractivity contribution in [3.63, 3.8) is 0 Å². The van der Waals surface area contributed by atoms with Crippen LogP contribution in [-0.2, 0) is 0 Å². The Morgan fingerprint density at radius 1 is 1.19 bits per heavy atom. The lowest BCUT2D eigenvalue weighted by atomic mass is 10.1. The van der Waals surface area contributed by atoms with E-state index in [0.717, 1.165) is 6.07 Å². The van der Waals surface area contributed by atoms with Crippen LogP contribution in [0.4, 0.5) is 21.6 Å². The van der Waals surface area contributed by atoms with Gasteiger partial charge >= 0.3 is 0 Å². The van der Waals surface area contributed by atoms with Crippen molar-refractivity contribution in [1.82, 2.24) is 4.98 Å². The Morgan fingerprint density at radius 2 is 1.92 bits per heavy atom. The number of Topliss-reactive ketones (excluding diaryl/α,β-unsaturated/α-hetero) is 1. The minimum atomic E-state index is -0.578. The van der Waals surface area contributed by atoms with Gasteiger partial charge in [-0.3, -0.25) is 20.3 Å². The SMILES string of the molecule is CC(=O)c1c(Nc2ccc(F)cc2Cl)[nH]c2c(NO)cc(Cl)cc2c1=O. The first-order valence-corrected chi connectivity index (χ1v) is 8.10. The lowest BCUT2D eigenvalue weighted by molar-refractivity contribution is 0.101. The van der Waals surface area contributed by atoms with Gasteiger partial charge in [-0.25, -0.2) is 4.39 Å². The summed E-state index contributed by atoms with van der Waals surface area (Å²) in [5, 5.41) is 12.5. The number of H-pyrrole nitrogens is 1. The van der Waals surface area contributed by atoms with E-state index in [0.29, 0.717) is 0 Å². The highest BCUT2D eigenvalue weighted by atomic mass is 35.5. The molecule has 26 heavy (non-hydrogen) atoms. The molecule has 134 valence electrons. The molecule has 0 saturated heterocycles. The third-order valence-electron chi connectivity index (χ3n) is 3.74. The van der Waals surface area contributed by atoms with E-state index < -0.39 is 17.0 Å². The minimum absolute atomic E-state index is 0.0577. The predicted molar refractivity (Wildman–Crippen MR) is 99.7 cm³/mol. The Balaban J connectivity index is 2.30. The van der Waals surface area contributed by atoms with E-state index >= 15 is 0 Å². The van der Waals surface area contributed by atoms with Crippen molar-refractivity contribution in [3.8, 4) is 0 Å².